The summed E-state index contributed by atoms with van der Waals surface area (Å²) in [6, 6.07) is 11.2. The lowest BCUT2D eigenvalue weighted by molar-refractivity contribution is -0.156. The maximum atomic E-state index is 13.7. The zero-order valence-corrected chi connectivity index (χ0v) is 20.9. The summed E-state index contributed by atoms with van der Waals surface area (Å²) in [7, 11) is 3.36. The fourth-order valence-corrected chi connectivity index (χ4v) is 4.70. The molecule has 1 aliphatic rings. The highest BCUT2D eigenvalue weighted by molar-refractivity contribution is 6.12. The number of aromatic nitrogens is 3. The van der Waals surface area contributed by atoms with Crippen molar-refractivity contribution in [2.75, 3.05) is 17.7 Å². The number of anilines is 2. The first kappa shape index (κ1) is 24.9. The van der Waals surface area contributed by atoms with Crippen LogP contribution in [0.1, 0.15) is 36.2 Å². The number of likely N-dealkylation sites (tertiary alicyclic amines) is 1. The highest BCUT2D eigenvalue weighted by Gasteiger charge is 2.55. The Morgan fingerprint density at radius 3 is 2.56 bits per heavy atom. The molecular formula is C26H31N7O3. The van der Waals surface area contributed by atoms with E-state index in [9.17, 15) is 14.4 Å². The molecule has 0 radical (unpaired) electrons. The van der Waals surface area contributed by atoms with Crippen LogP contribution < -0.4 is 16.0 Å². The van der Waals surface area contributed by atoms with Crippen LogP contribution in [0, 0.1) is 12.8 Å². The molecule has 1 saturated heterocycles. The van der Waals surface area contributed by atoms with E-state index >= 15 is 0 Å². The Morgan fingerprint density at radius 1 is 1.22 bits per heavy atom. The number of amides is 4. The van der Waals surface area contributed by atoms with Crippen molar-refractivity contribution < 1.29 is 14.4 Å². The number of pyridine rings is 1. The molecule has 0 spiro atoms. The minimum atomic E-state index is -0.984. The van der Waals surface area contributed by atoms with Crippen molar-refractivity contribution in [1.82, 2.24) is 24.8 Å². The number of rotatable bonds is 7. The van der Waals surface area contributed by atoms with Crippen LogP contribution in [0.25, 0.3) is 0 Å². The van der Waals surface area contributed by atoms with Crippen molar-refractivity contribution in [2.24, 2.45) is 13.0 Å². The monoisotopic (exact) mass is 489 g/mol. The molecule has 0 saturated carbocycles. The van der Waals surface area contributed by atoms with E-state index in [0.717, 1.165) is 16.0 Å². The van der Waals surface area contributed by atoms with Crippen LogP contribution >= 0.6 is 0 Å². The molecule has 3 atom stereocenters. The number of likely N-dealkylation sites (N-methyl/N-ethyl adjacent to an activating group) is 1. The first-order valence-electron chi connectivity index (χ1n) is 11.9. The van der Waals surface area contributed by atoms with Gasteiger partial charge in [-0.15, -0.1) is 0 Å². The Bertz CT molecular complexity index is 1250. The lowest BCUT2D eigenvalue weighted by Crippen LogP contribution is -2.70. The van der Waals surface area contributed by atoms with Gasteiger partial charge in [-0.2, -0.15) is 0 Å². The zero-order valence-electron chi connectivity index (χ0n) is 20.9. The van der Waals surface area contributed by atoms with Gasteiger partial charge in [0.2, 0.25) is 11.9 Å². The van der Waals surface area contributed by atoms with Crippen LogP contribution in [0.15, 0.2) is 54.9 Å². The second-order valence-corrected chi connectivity index (χ2v) is 9.06. The van der Waals surface area contributed by atoms with E-state index in [2.05, 4.69) is 15.3 Å². The highest BCUT2D eigenvalue weighted by atomic mass is 16.2. The summed E-state index contributed by atoms with van der Waals surface area (Å²) in [5.74, 6) is -0.763. The van der Waals surface area contributed by atoms with E-state index in [1.54, 1.807) is 37.1 Å². The average molecular weight is 490 g/mol. The van der Waals surface area contributed by atoms with Gasteiger partial charge in [-0.05, 0) is 43.0 Å². The quantitative estimate of drug-likeness (QED) is 0.491. The van der Waals surface area contributed by atoms with Gasteiger partial charge in [0.15, 0.2) is 0 Å². The molecule has 36 heavy (non-hydrogen) atoms. The number of nitrogens with one attached hydrogen (secondary N) is 1. The van der Waals surface area contributed by atoms with Crippen molar-refractivity contribution in [3.63, 3.8) is 0 Å². The molecule has 3 aromatic rings. The van der Waals surface area contributed by atoms with Crippen molar-refractivity contribution in [3.05, 3.63) is 71.7 Å². The minimum Gasteiger partial charge on any atom is -0.384 e. The number of imidazole rings is 1. The van der Waals surface area contributed by atoms with Crippen molar-refractivity contribution in [3.8, 4) is 0 Å². The molecule has 4 rings (SSSR count). The molecule has 1 aromatic carbocycles. The number of hydrogen-bond donors (Lipinski definition) is 2. The number of aryl methyl sites for hydroxylation is 2. The summed E-state index contributed by atoms with van der Waals surface area (Å²) in [5.41, 5.74) is 8.32. The van der Waals surface area contributed by atoms with Crippen molar-refractivity contribution in [1.29, 1.82) is 0 Å². The molecular weight excluding hydrogens is 458 g/mol. The minimum absolute atomic E-state index is 0.261. The van der Waals surface area contributed by atoms with Gasteiger partial charge in [0, 0.05) is 32.2 Å². The molecule has 0 bridgehead atoms. The summed E-state index contributed by atoms with van der Waals surface area (Å²) < 4.78 is 1.70. The van der Waals surface area contributed by atoms with Crippen LogP contribution in [0.4, 0.5) is 16.6 Å². The third-order valence-corrected chi connectivity index (χ3v) is 6.51. The number of hydrogen-bond acceptors (Lipinski definition) is 6. The van der Waals surface area contributed by atoms with Gasteiger partial charge in [-0.25, -0.2) is 14.8 Å². The molecule has 4 amide bonds. The maximum Gasteiger partial charge on any atom is 0.325 e. The van der Waals surface area contributed by atoms with Gasteiger partial charge in [0.1, 0.15) is 11.9 Å². The highest BCUT2D eigenvalue weighted by Crippen LogP contribution is 2.33. The number of benzene rings is 1. The molecule has 3 N–H and O–H groups in total. The maximum absolute atomic E-state index is 13.7. The lowest BCUT2D eigenvalue weighted by Gasteiger charge is -2.45. The van der Waals surface area contributed by atoms with Crippen LogP contribution in [-0.2, 0) is 23.1 Å². The fourth-order valence-electron chi connectivity index (χ4n) is 4.70. The average Bonchev–Trinajstić information content (AvgIpc) is 3.28. The Morgan fingerprint density at radius 2 is 1.94 bits per heavy atom. The summed E-state index contributed by atoms with van der Waals surface area (Å²) in [5, 5.41) is 2.93. The number of urea groups is 1. The number of nitrogens with two attached hydrogens (primary N) is 1. The van der Waals surface area contributed by atoms with Crippen LogP contribution in [-0.4, -0.2) is 50.4 Å². The van der Waals surface area contributed by atoms with Crippen molar-refractivity contribution >= 4 is 29.6 Å². The Kier molecular flexibility index (Phi) is 7.05. The molecule has 3 heterocycles. The predicted octanol–water partition coefficient (Wildman–Crippen LogP) is 2.60. The molecule has 188 valence electrons. The summed E-state index contributed by atoms with van der Waals surface area (Å²) in [6.45, 7) is 3.76. The fraction of sp³-hybridized carbons (Fsp3) is 0.346. The molecule has 1 aliphatic heterocycles. The third kappa shape index (κ3) is 4.79. The summed E-state index contributed by atoms with van der Waals surface area (Å²) in [6.07, 6.45) is 4.20. The zero-order chi connectivity index (χ0) is 26.0. The van der Waals surface area contributed by atoms with Gasteiger partial charge in [0.05, 0.1) is 12.0 Å². The molecule has 10 nitrogen and oxygen atoms in total. The van der Waals surface area contributed by atoms with E-state index in [4.69, 9.17) is 5.73 Å². The Hall–Kier alpha value is -4.21. The summed E-state index contributed by atoms with van der Waals surface area (Å²) >= 11 is 0. The topological polar surface area (TPSA) is 126 Å². The summed E-state index contributed by atoms with van der Waals surface area (Å²) in [4.78, 5) is 51.1. The molecule has 2 aromatic heterocycles. The molecule has 0 unspecified atom stereocenters. The lowest BCUT2D eigenvalue weighted by atomic mass is 9.81. The van der Waals surface area contributed by atoms with E-state index in [1.165, 1.54) is 4.90 Å². The number of nitrogens with zero attached hydrogens (tertiary/aromatic N) is 5. The number of β-lactam (4-membered cyclic amide) rings is 1. The molecule has 0 aliphatic carbocycles. The second-order valence-electron chi connectivity index (χ2n) is 9.06. The van der Waals surface area contributed by atoms with Gasteiger partial charge < -0.3 is 15.6 Å². The van der Waals surface area contributed by atoms with E-state index < -0.39 is 29.8 Å². The van der Waals surface area contributed by atoms with Crippen LogP contribution in [0.5, 0.6) is 0 Å². The number of carbonyl (C=O) groups is 3. The van der Waals surface area contributed by atoms with Crippen LogP contribution in [0.3, 0.4) is 0 Å². The largest absolute Gasteiger partial charge is 0.384 e. The van der Waals surface area contributed by atoms with E-state index in [0.29, 0.717) is 23.9 Å². The van der Waals surface area contributed by atoms with Gasteiger partial charge in [-0.3, -0.25) is 19.4 Å². The number of imide groups is 1. The Balaban J connectivity index is 1.62. The van der Waals surface area contributed by atoms with Crippen molar-refractivity contribution in [2.45, 2.75) is 38.8 Å². The Labute approximate surface area is 210 Å². The number of nitrogen functional groups attached to an aromatic ring is 1. The third-order valence-electron chi connectivity index (χ3n) is 6.51. The van der Waals surface area contributed by atoms with E-state index in [-0.39, 0.29) is 12.5 Å². The first-order valence-corrected chi connectivity index (χ1v) is 11.9. The van der Waals surface area contributed by atoms with Gasteiger partial charge >= 0.3 is 6.03 Å². The molecule has 1 fully saturated rings. The second kappa shape index (κ2) is 10.2. The standard InChI is InChI=1S/C26H31N7O3/c1-5-20(18-9-7-6-8-10-18)30-26(36)33-22(24(35)32(4)25-28-11-12-31(25)3)19(23(33)34)14-17-13-16(2)29-21(27)15-17/h6-13,15,19-20,22H,5,14H2,1-4H3,(H2,27,29)(H,30,36)/t19-,20-,22+/m1/s1. The first-order chi connectivity index (χ1) is 17.2. The SMILES string of the molecule is CC[C@@H](NC(=O)N1C(=O)[C@H](Cc2cc(C)nc(N)c2)[C@H]1C(=O)N(C)c1nccn1C)c1ccccc1. The predicted molar refractivity (Wildman–Crippen MR) is 136 cm³/mol. The normalized spacial score (nSPS) is 17.9. The van der Waals surface area contributed by atoms with E-state index in [1.807, 2.05) is 50.2 Å². The van der Waals surface area contributed by atoms with Crippen LogP contribution in [0.2, 0.25) is 0 Å². The van der Waals surface area contributed by atoms with Gasteiger partial charge in [0.25, 0.3) is 5.91 Å². The smallest absolute Gasteiger partial charge is 0.325 e. The molecule has 10 heteroatoms. The number of carbonyl (C=O) groups excluding carboxylic acids is 3. The van der Waals surface area contributed by atoms with Gasteiger partial charge in [-0.1, -0.05) is 37.3 Å².